The summed E-state index contributed by atoms with van der Waals surface area (Å²) < 4.78 is 45.7. The summed E-state index contributed by atoms with van der Waals surface area (Å²) >= 11 is 3.35. The summed E-state index contributed by atoms with van der Waals surface area (Å²) in [7, 11) is 0. The van der Waals surface area contributed by atoms with Crippen molar-refractivity contribution in [2.24, 2.45) is 0 Å². The van der Waals surface area contributed by atoms with E-state index in [4.69, 9.17) is 10.00 Å². The zero-order valence-corrected chi connectivity index (χ0v) is 22.6. The Morgan fingerprint density at radius 3 is 2.34 bits per heavy atom. The molecule has 38 heavy (non-hydrogen) atoms. The van der Waals surface area contributed by atoms with E-state index in [9.17, 15) is 18.0 Å². The van der Waals surface area contributed by atoms with Crippen molar-refractivity contribution in [3.63, 3.8) is 0 Å². The van der Waals surface area contributed by atoms with E-state index in [0.717, 1.165) is 50.7 Å². The lowest BCUT2D eigenvalue weighted by molar-refractivity contribution is -0.137. The number of carbonyl (C=O) groups is 1. The van der Waals surface area contributed by atoms with E-state index in [-0.39, 0.29) is 29.4 Å². The highest BCUT2D eigenvalue weighted by Gasteiger charge is 2.31. The number of ether oxygens (including phenoxy) is 1. The molecule has 0 heterocycles. The maximum Gasteiger partial charge on any atom is 0.416 e. The van der Waals surface area contributed by atoms with Crippen molar-refractivity contribution in [2.75, 3.05) is 13.2 Å². The standard InChI is InChI=1S/C30H30BrF3N2O2/c31-27-21-24(29(37)36-17-9-4-2-1-3-6-11-22-12-7-5-8-13-22)20-26(28(27)38-18-16-35)23-14-10-15-25(19-23)30(32,33)34/h5,7-8,10,12-15,19-21H,1-4,6,9,11,17-18H2,(H,36,37). The van der Waals surface area contributed by atoms with E-state index in [1.54, 1.807) is 6.07 Å². The fraction of sp³-hybridized carbons (Fsp3) is 0.333. The SMILES string of the molecule is N#CCOc1c(Br)cc(C(=O)NCCCCCCCCc2ccccc2)cc1-c1cccc(C(F)(F)F)c1. The summed E-state index contributed by atoms with van der Waals surface area (Å²) in [5.74, 6) is -0.122. The minimum Gasteiger partial charge on any atom is -0.477 e. The van der Waals surface area contributed by atoms with Crippen LogP contribution in [0.2, 0.25) is 0 Å². The maximum atomic E-state index is 13.3. The third kappa shape index (κ3) is 8.91. The predicted molar refractivity (Wildman–Crippen MR) is 146 cm³/mol. The fourth-order valence-corrected chi connectivity index (χ4v) is 4.74. The molecule has 0 unspecified atom stereocenters. The van der Waals surface area contributed by atoms with Crippen LogP contribution in [0.25, 0.3) is 11.1 Å². The predicted octanol–water partition coefficient (Wildman–Crippen LogP) is 8.35. The molecule has 200 valence electrons. The number of unbranched alkanes of at least 4 members (excludes halogenated alkanes) is 5. The van der Waals surface area contributed by atoms with Gasteiger partial charge >= 0.3 is 6.18 Å². The highest BCUT2D eigenvalue weighted by atomic mass is 79.9. The van der Waals surface area contributed by atoms with Crippen molar-refractivity contribution in [3.05, 3.63) is 87.9 Å². The Morgan fingerprint density at radius 2 is 1.63 bits per heavy atom. The molecule has 0 spiro atoms. The van der Waals surface area contributed by atoms with Gasteiger partial charge in [0, 0.05) is 17.7 Å². The van der Waals surface area contributed by atoms with Crippen molar-refractivity contribution in [1.82, 2.24) is 5.32 Å². The minimum atomic E-state index is -4.52. The number of nitrogens with zero attached hydrogens (tertiary/aromatic N) is 1. The molecule has 4 nitrogen and oxygen atoms in total. The molecule has 0 radical (unpaired) electrons. The molecular weight excluding hydrogens is 557 g/mol. The molecule has 3 rings (SSSR count). The quantitative estimate of drug-likeness (QED) is 0.205. The highest BCUT2D eigenvalue weighted by Crippen LogP contribution is 2.40. The monoisotopic (exact) mass is 586 g/mol. The number of amides is 1. The van der Waals surface area contributed by atoms with E-state index >= 15 is 0 Å². The number of hydrogen-bond donors (Lipinski definition) is 1. The molecule has 0 atom stereocenters. The topological polar surface area (TPSA) is 62.1 Å². The second-order valence-electron chi connectivity index (χ2n) is 8.97. The Morgan fingerprint density at radius 1 is 0.921 bits per heavy atom. The molecule has 0 saturated carbocycles. The van der Waals surface area contributed by atoms with E-state index < -0.39 is 11.7 Å². The molecule has 0 aromatic heterocycles. The van der Waals surface area contributed by atoms with E-state index in [0.29, 0.717) is 16.6 Å². The van der Waals surface area contributed by atoms with Gasteiger partial charge in [0.25, 0.3) is 5.91 Å². The summed E-state index contributed by atoms with van der Waals surface area (Å²) in [4.78, 5) is 12.8. The van der Waals surface area contributed by atoms with Crippen molar-refractivity contribution < 1.29 is 22.7 Å². The summed E-state index contributed by atoms with van der Waals surface area (Å²) in [6.45, 7) is 0.217. The normalized spacial score (nSPS) is 11.1. The summed E-state index contributed by atoms with van der Waals surface area (Å²) in [5, 5.41) is 11.8. The number of benzene rings is 3. The van der Waals surface area contributed by atoms with Crippen LogP contribution in [0.15, 0.2) is 71.2 Å². The van der Waals surface area contributed by atoms with Crippen molar-refractivity contribution in [3.8, 4) is 22.9 Å². The van der Waals surface area contributed by atoms with E-state index in [1.165, 1.54) is 30.2 Å². The number of rotatable bonds is 13. The van der Waals surface area contributed by atoms with Gasteiger partial charge in [-0.25, -0.2) is 0 Å². The van der Waals surface area contributed by atoms with Crippen LogP contribution in [-0.4, -0.2) is 19.1 Å². The third-order valence-electron chi connectivity index (χ3n) is 6.11. The molecule has 0 bridgehead atoms. The lowest BCUT2D eigenvalue weighted by Crippen LogP contribution is -2.24. The zero-order chi connectivity index (χ0) is 27.4. The number of halogens is 4. The summed E-state index contributed by atoms with van der Waals surface area (Å²) in [6.07, 6.45) is 3.01. The van der Waals surface area contributed by atoms with Crippen LogP contribution >= 0.6 is 15.9 Å². The second kappa shape index (κ2) is 14.6. The summed E-state index contributed by atoms with van der Waals surface area (Å²) in [5.41, 5.74) is 1.36. The third-order valence-corrected chi connectivity index (χ3v) is 6.70. The molecule has 0 saturated heterocycles. The van der Waals surface area contributed by atoms with Gasteiger partial charge in [-0.1, -0.05) is 68.1 Å². The van der Waals surface area contributed by atoms with Gasteiger partial charge in [-0.05, 0) is 70.6 Å². The molecule has 8 heteroatoms. The van der Waals surface area contributed by atoms with Crippen LogP contribution < -0.4 is 10.1 Å². The van der Waals surface area contributed by atoms with Gasteiger partial charge in [0.15, 0.2) is 6.61 Å². The molecular formula is C30H30BrF3N2O2. The number of nitrogens with one attached hydrogen (secondary N) is 1. The van der Waals surface area contributed by atoms with Gasteiger partial charge in [0.2, 0.25) is 0 Å². The fourth-order valence-electron chi connectivity index (χ4n) is 4.16. The van der Waals surface area contributed by atoms with Gasteiger partial charge in [0.1, 0.15) is 11.8 Å². The number of carbonyl (C=O) groups excluding carboxylic acids is 1. The van der Waals surface area contributed by atoms with Crippen LogP contribution in [0.1, 0.15) is 60.0 Å². The Balaban J connectivity index is 1.55. The molecule has 0 fully saturated rings. The van der Waals surface area contributed by atoms with E-state index in [2.05, 4.69) is 45.5 Å². The number of aryl methyl sites for hydroxylation is 1. The van der Waals surface area contributed by atoms with Crippen molar-refractivity contribution in [2.45, 2.75) is 51.1 Å². The van der Waals surface area contributed by atoms with Gasteiger partial charge in [0.05, 0.1) is 10.0 Å². The Labute approximate surface area is 230 Å². The molecule has 1 amide bonds. The minimum absolute atomic E-state index is 0.203. The summed E-state index contributed by atoms with van der Waals surface area (Å²) in [6, 6.07) is 20.1. The molecule has 0 aliphatic rings. The number of nitriles is 1. The maximum absolute atomic E-state index is 13.3. The first kappa shape index (κ1) is 29.2. The van der Waals surface area contributed by atoms with E-state index in [1.807, 2.05) is 12.1 Å². The van der Waals surface area contributed by atoms with Crippen LogP contribution in [0.5, 0.6) is 5.75 Å². The zero-order valence-electron chi connectivity index (χ0n) is 21.0. The van der Waals surface area contributed by atoms with Gasteiger partial charge < -0.3 is 10.1 Å². The molecule has 3 aromatic rings. The Bertz CT molecular complexity index is 1240. The average molecular weight is 587 g/mol. The van der Waals surface area contributed by atoms with Crippen LogP contribution in [-0.2, 0) is 12.6 Å². The van der Waals surface area contributed by atoms with Gasteiger partial charge in [-0.15, -0.1) is 0 Å². The molecule has 0 aliphatic carbocycles. The molecule has 0 aliphatic heterocycles. The highest BCUT2D eigenvalue weighted by molar-refractivity contribution is 9.10. The lowest BCUT2D eigenvalue weighted by atomic mass is 9.99. The average Bonchev–Trinajstić information content (AvgIpc) is 2.91. The van der Waals surface area contributed by atoms with Gasteiger partial charge in [-0.2, -0.15) is 18.4 Å². The van der Waals surface area contributed by atoms with Crippen LogP contribution in [0.4, 0.5) is 13.2 Å². The van der Waals surface area contributed by atoms with Gasteiger partial charge in [-0.3, -0.25) is 4.79 Å². The largest absolute Gasteiger partial charge is 0.477 e. The van der Waals surface area contributed by atoms with Crippen LogP contribution in [0, 0.1) is 11.3 Å². The smallest absolute Gasteiger partial charge is 0.416 e. The number of hydrogen-bond acceptors (Lipinski definition) is 3. The molecule has 3 aromatic carbocycles. The van der Waals surface area contributed by atoms with Crippen molar-refractivity contribution in [1.29, 1.82) is 5.26 Å². The number of alkyl halides is 3. The van der Waals surface area contributed by atoms with Crippen molar-refractivity contribution >= 4 is 21.8 Å². The first-order valence-electron chi connectivity index (χ1n) is 12.6. The first-order valence-corrected chi connectivity index (χ1v) is 13.4. The lowest BCUT2D eigenvalue weighted by Gasteiger charge is -2.16. The molecule has 1 N–H and O–H groups in total. The second-order valence-corrected chi connectivity index (χ2v) is 9.83. The Hall–Kier alpha value is -3.31. The Kier molecular flexibility index (Phi) is 11.2. The van der Waals surface area contributed by atoms with Crippen LogP contribution in [0.3, 0.4) is 0 Å². The first-order chi connectivity index (χ1) is 18.3.